The van der Waals surface area contributed by atoms with Crippen molar-refractivity contribution in [3.63, 3.8) is 0 Å². The molecule has 0 radical (unpaired) electrons. The third kappa shape index (κ3) is 3.42. The first-order valence-electron chi connectivity index (χ1n) is 5.74. The number of sulfonamides is 1. The van der Waals surface area contributed by atoms with Crippen LogP contribution in [0.4, 0.5) is 0 Å². The van der Waals surface area contributed by atoms with Gasteiger partial charge in [-0.25, -0.2) is 13.1 Å². The molecule has 0 aliphatic heterocycles. The van der Waals surface area contributed by atoms with Gasteiger partial charge in [-0.1, -0.05) is 12.1 Å². The monoisotopic (exact) mass is 297 g/mol. The van der Waals surface area contributed by atoms with Gasteiger partial charge in [-0.15, -0.1) is 0 Å². The highest BCUT2D eigenvalue weighted by atomic mass is 32.2. The zero-order chi connectivity index (χ0) is 13.9. The summed E-state index contributed by atoms with van der Waals surface area (Å²) in [5.74, 6) is 0. The molecule has 0 atom stereocenters. The Morgan fingerprint density at radius 3 is 2.42 bits per heavy atom. The predicted molar refractivity (Wildman–Crippen MR) is 75.4 cm³/mol. The van der Waals surface area contributed by atoms with Gasteiger partial charge in [0.2, 0.25) is 10.0 Å². The SMILES string of the molecule is Cc1cscc1CNS(=O)(=O)c1ccc(CO)cc1. The largest absolute Gasteiger partial charge is 0.392 e. The van der Waals surface area contributed by atoms with E-state index >= 15 is 0 Å². The van der Waals surface area contributed by atoms with E-state index in [0.29, 0.717) is 12.1 Å². The molecule has 0 saturated carbocycles. The average molecular weight is 297 g/mol. The molecule has 0 unspecified atom stereocenters. The van der Waals surface area contributed by atoms with E-state index < -0.39 is 10.0 Å². The smallest absolute Gasteiger partial charge is 0.240 e. The average Bonchev–Trinajstić information content (AvgIpc) is 2.82. The summed E-state index contributed by atoms with van der Waals surface area (Å²) in [7, 11) is -3.51. The standard InChI is InChI=1S/C13H15NO3S2/c1-10-8-18-9-12(10)6-14-19(16,17)13-4-2-11(7-15)3-5-13/h2-5,8-9,14-15H,6-7H2,1H3. The molecule has 1 aromatic carbocycles. The van der Waals surface area contributed by atoms with Crippen molar-refractivity contribution in [3.8, 4) is 0 Å². The van der Waals surface area contributed by atoms with Gasteiger partial charge < -0.3 is 5.11 Å². The Hall–Kier alpha value is -1.21. The molecule has 19 heavy (non-hydrogen) atoms. The molecule has 2 aromatic rings. The summed E-state index contributed by atoms with van der Waals surface area (Å²) in [5, 5.41) is 12.8. The molecule has 4 nitrogen and oxygen atoms in total. The normalized spacial score (nSPS) is 11.7. The maximum absolute atomic E-state index is 12.1. The van der Waals surface area contributed by atoms with Gasteiger partial charge in [-0.05, 0) is 46.5 Å². The Morgan fingerprint density at radius 1 is 1.21 bits per heavy atom. The predicted octanol–water partition coefficient (Wildman–Crippen LogP) is 2.03. The molecule has 2 N–H and O–H groups in total. The maximum Gasteiger partial charge on any atom is 0.240 e. The van der Waals surface area contributed by atoms with E-state index in [-0.39, 0.29) is 11.5 Å². The number of thiophene rings is 1. The minimum absolute atomic E-state index is 0.0954. The zero-order valence-electron chi connectivity index (χ0n) is 10.5. The van der Waals surface area contributed by atoms with Crippen LogP contribution in [0.5, 0.6) is 0 Å². The van der Waals surface area contributed by atoms with Crippen molar-refractivity contribution in [3.05, 3.63) is 51.7 Å². The summed E-state index contributed by atoms with van der Waals surface area (Å²) in [5.41, 5.74) is 2.76. The van der Waals surface area contributed by atoms with Crippen molar-refractivity contribution in [2.24, 2.45) is 0 Å². The van der Waals surface area contributed by atoms with E-state index in [2.05, 4.69) is 4.72 Å². The summed E-state index contributed by atoms with van der Waals surface area (Å²) in [6.07, 6.45) is 0. The molecular weight excluding hydrogens is 282 g/mol. The van der Waals surface area contributed by atoms with Crippen molar-refractivity contribution in [2.75, 3.05) is 0 Å². The van der Waals surface area contributed by atoms with Crippen molar-refractivity contribution >= 4 is 21.4 Å². The van der Waals surface area contributed by atoms with Crippen LogP contribution in [0.2, 0.25) is 0 Å². The Kier molecular flexibility index (Phi) is 4.36. The lowest BCUT2D eigenvalue weighted by molar-refractivity contribution is 0.282. The molecule has 0 spiro atoms. The second-order valence-corrected chi connectivity index (χ2v) is 6.72. The lowest BCUT2D eigenvalue weighted by Gasteiger charge is -2.07. The number of hydrogen-bond donors (Lipinski definition) is 2. The molecule has 102 valence electrons. The van der Waals surface area contributed by atoms with Gasteiger partial charge >= 0.3 is 0 Å². The van der Waals surface area contributed by atoms with Gasteiger partial charge in [0.05, 0.1) is 11.5 Å². The number of aliphatic hydroxyl groups excluding tert-OH is 1. The number of hydrogen-bond acceptors (Lipinski definition) is 4. The minimum Gasteiger partial charge on any atom is -0.392 e. The second-order valence-electron chi connectivity index (χ2n) is 4.21. The van der Waals surface area contributed by atoms with Crippen LogP contribution < -0.4 is 4.72 Å². The molecule has 0 aliphatic carbocycles. The second kappa shape index (κ2) is 5.83. The number of aliphatic hydroxyl groups is 1. The third-order valence-corrected chi connectivity index (χ3v) is 5.16. The Labute approximate surface area is 116 Å². The van der Waals surface area contributed by atoms with Gasteiger partial charge in [0.1, 0.15) is 0 Å². The Bertz CT molecular complexity index is 645. The molecule has 1 heterocycles. The lowest BCUT2D eigenvalue weighted by Crippen LogP contribution is -2.23. The van der Waals surface area contributed by atoms with Gasteiger partial charge in [-0.3, -0.25) is 0 Å². The van der Waals surface area contributed by atoms with Crippen LogP contribution in [0.15, 0.2) is 39.9 Å². The van der Waals surface area contributed by atoms with Crippen LogP contribution in [0, 0.1) is 6.92 Å². The number of aryl methyl sites for hydroxylation is 1. The van der Waals surface area contributed by atoms with Crippen molar-refractivity contribution in [1.29, 1.82) is 0 Å². The van der Waals surface area contributed by atoms with Crippen molar-refractivity contribution < 1.29 is 13.5 Å². The van der Waals surface area contributed by atoms with Crippen molar-refractivity contribution in [1.82, 2.24) is 4.72 Å². The molecule has 0 aliphatic rings. The first-order chi connectivity index (χ1) is 9.03. The van der Waals surface area contributed by atoms with E-state index in [4.69, 9.17) is 5.11 Å². The fourth-order valence-electron chi connectivity index (χ4n) is 1.60. The highest BCUT2D eigenvalue weighted by Gasteiger charge is 2.14. The summed E-state index contributed by atoms with van der Waals surface area (Å²) < 4.78 is 26.7. The van der Waals surface area contributed by atoms with E-state index in [1.165, 1.54) is 12.1 Å². The topological polar surface area (TPSA) is 66.4 Å². The zero-order valence-corrected chi connectivity index (χ0v) is 12.1. The molecule has 2 rings (SSSR count). The van der Waals surface area contributed by atoms with Gasteiger partial charge in [0, 0.05) is 6.54 Å². The molecule has 0 bridgehead atoms. The van der Waals surface area contributed by atoms with Gasteiger partial charge in [0.25, 0.3) is 0 Å². The first kappa shape index (κ1) is 14.2. The van der Waals surface area contributed by atoms with E-state index in [0.717, 1.165) is 11.1 Å². The van der Waals surface area contributed by atoms with Crippen molar-refractivity contribution in [2.45, 2.75) is 25.0 Å². The van der Waals surface area contributed by atoms with Crippen LogP contribution in [-0.2, 0) is 23.2 Å². The molecule has 6 heteroatoms. The number of nitrogens with one attached hydrogen (secondary N) is 1. The summed E-state index contributed by atoms with van der Waals surface area (Å²) >= 11 is 1.55. The van der Waals surface area contributed by atoms with E-state index in [1.54, 1.807) is 23.5 Å². The highest BCUT2D eigenvalue weighted by Crippen LogP contribution is 2.15. The van der Waals surface area contributed by atoms with Crippen LogP contribution in [-0.4, -0.2) is 13.5 Å². The first-order valence-corrected chi connectivity index (χ1v) is 8.16. The van der Waals surface area contributed by atoms with Gasteiger partial charge in [0.15, 0.2) is 0 Å². The molecular formula is C13H15NO3S2. The maximum atomic E-state index is 12.1. The summed E-state index contributed by atoms with van der Waals surface area (Å²) in [4.78, 5) is 0.206. The highest BCUT2D eigenvalue weighted by molar-refractivity contribution is 7.89. The Balaban J connectivity index is 2.11. The van der Waals surface area contributed by atoms with Crippen LogP contribution in [0.3, 0.4) is 0 Å². The number of benzene rings is 1. The number of rotatable bonds is 5. The van der Waals surface area contributed by atoms with Crippen LogP contribution >= 0.6 is 11.3 Å². The van der Waals surface area contributed by atoms with Gasteiger partial charge in [-0.2, -0.15) is 11.3 Å². The lowest BCUT2D eigenvalue weighted by atomic mass is 10.2. The molecule has 1 aromatic heterocycles. The molecule has 0 amide bonds. The Morgan fingerprint density at radius 2 is 1.89 bits per heavy atom. The van der Waals surface area contributed by atoms with E-state index in [9.17, 15) is 8.42 Å². The fraction of sp³-hybridized carbons (Fsp3) is 0.231. The van der Waals surface area contributed by atoms with Crippen LogP contribution in [0.1, 0.15) is 16.7 Å². The minimum atomic E-state index is -3.51. The third-order valence-electron chi connectivity index (χ3n) is 2.83. The summed E-state index contributed by atoms with van der Waals surface area (Å²) in [6, 6.07) is 6.19. The molecule has 0 saturated heterocycles. The molecule has 0 fully saturated rings. The van der Waals surface area contributed by atoms with Crippen LogP contribution in [0.25, 0.3) is 0 Å². The quantitative estimate of drug-likeness (QED) is 0.887. The van der Waals surface area contributed by atoms with E-state index in [1.807, 2.05) is 17.7 Å². The summed E-state index contributed by atoms with van der Waals surface area (Å²) in [6.45, 7) is 2.15. The fourth-order valence-corrected chi connectivity index (χ4v) is 3.46.